The van der Waals surface area contributed by atoms with E-state index in [0.717, 1.165) is 0 Å². The number of furan rings is 1. The summed E-state index contributed by atoms with van der Waals surface area (Å²) in [4.78, 5) is 3.12. The predicted molar refractivity (Wildman–Crippen MR) is 71.9 cm³/mol. The molecule has 24 heavy (non-hydrogen) atoms. The zero-order valence-corrected chi connectivity index (χ0v) is 13.4. The van der Waals surface area contributed by atoms with Gasteiger partial charge in [0.25, 0.3) is 0 Å². The van der Waals surface area contributed by atoms with Gasteiger partial charge < -0.3 is 4.42 Å². The molecule has 0 spiro atoms. The summed E-state index contributed by atoms with van der Waals surface area (Å²) in [5.41, 5.74) is -8.10. The Kier molecular flexibility index (Phi) is 4.73. The first kappa shape index (κ1) is 18.8. The Hall–Kier alpha value is -1.58. The van der Waals surface area contributed by atoms with Crippen LogP contribution in [0.2, 0.25) is 0 Å². The van der Waals surface area contributed by atoms with E-state index in [1.165, 1.54) is 25.3 Å². The Labute approximate surface area is 139 Å². The van der Waals surface area contributed by atoms with Crippen LogP contribution in [0.3, 0.4) is 0 Å². The highest BCUT2D eigenvalue weighted by molar-refractivity contribution is 9.10. The molecule has 2 heterocycles. The monoisotopic (exact) mass is 418 g/mol. The van der Waals surface area contributed by atoms with E-state index in [9.17, 15) is 30.7 Å². The quantitative estimate of drug-likeness (QED) is 0.490. The second kappa shape index (κ2) is 6.05. The van der Waals surface area contributed by atoms with Crippen LogP contribution in [0.25, 0.3) is 0 Å². The summed E-state index contributed by atoms with van der Waals surface area (Å²) in [7, 11) is 0. The molecule has 0 fully saturated rings. The SMILES string of the molecule is Cc1[c]c(Br)nc(C(F)(C(F)(F)F)C(F)(F)F)c1Cc1ccco1. The van der Waals surface area contributed by atoms with E-state index in [4.69, 9.17) is 4.42 Å². The number of aryl methyl sites for hydroxylation is 1. The van der Waals surface area contributed by atoms with Crippen molar-refractivity contribution in [1.29, 1.82) is 0 Å². The van der Waals surface area contributed by atoms with Crippen molar-refractivity contribution in [2.75, 3.05) is 0 Å². The minimum Gasteiger partial charge on any atom is -0.469 e. The van der Waals surface area contributed by atoms with Gasteiger partial charge in [-0.3, -0.25) is 0 Å². The fourth-order valence-corrected chi connectivity index (χ4v) is 2.59. The van der Waals surface area contributed by atoms with E-state index in [-0.39, 0.29) is 11.3 Å². The molecule has 0 saturated carbocycles. The molecule has 2 aromatic heterocycles. The van der Waals surface area contributed by atoms with Crippen molar-refractivity contribution in [2.45, 2.75) is 31.4 Å². The third-order valence-corrected chi connectivity index (χ3v) is 3.65. The highest BCUT2D eigenvalue weighted by Gasteiger charge is 2.75. The van der Waals surface area contributed by atoms with Crippen LogP contribution in [-0.2, 0) is 12.1 Å². The van der Waals surface area contributed by atoms with E-state index in [0.29, 0.717) is 0 Å². The average Bonchev–Trinajstić information content (AvgIpc) is 2.91. The number of aromatic nitrogens is 1. The van der Waals surface area contributed by atoms with Crippen LogP contribution in [0.5, 0.6) is 0 Å². The average molecular weight is 419 g/mol. The van der Waals surface area contributed by atoms with Gasteiger partial charge in [-0.15, -0.1) is 0 Å². The van der Waals surface area contributed by atoms with Crippen LogP contribution in [0.15, 0.2) is 27.4 Å². The van der Waals surface area contributed by atoms with Gasteiger partial charge in [0, 0.05) is 12.5 Å². The molecule has 0 amide bonds. The summed E-state index contributed by atoms with van der Waals surface area (Å²) in [5, 5.41) is 0. The van der Waals surface area contributed by atoms with Gasteiger partial charge in [-0.25, -0.2) is 9.37 Å². The van der Waals surface area contributed by atoms with Crippen molar-refractivity contribution >= 4 is 15.9 Å². The summed E-state index contributed by atoms with van der Waals surface area (Å²) in [6, 6.07) is 5.17. The van der Waals surface area contributed by atoms with Crippen LogP contribution in [0.1, 0.15) is 22.6 Å². The predicted octanol–water partition coefficient (Wildman–Crippen LogP) is 5.43. The molecule has 0 N–H and O–H groups in total. The molecule has 0 bridgehead atoms. The van der Waals surface area contributed by atoms with E-state index >= 15 is 0 Å². The molecular formula is C14H8BrF7NO. The van der Waals surface area contributed by atoms with Gasteiger partial charge in [0.2, 0.25) is 0 Å². The van der Waals surface area contributed by atoms with E-state index < -0.39 is 40.3 Å². The Bertz CT molecular complexity index is 708. The molecule has 0 saturated heterocycles. The fourth-order valence-electron chi connectivity index (χ4n) is 2.12. The maximum Gasteiger partial charge on any atom is 0.437 e. The molecule has 2 rings (SSSR count). The van der Waals surface area contributed by atoms with Crippen LogP contribution in [0.4, 0.5) is 30.7 Å². The van der Waals surface area contributed by atoms with Gasteiger partial charge >= 0.3 is 18.0 Å². The van der Waals surface area contributed by atoms with Gasteiger partial charge in [0.15, 0.2) is 0 Å². The molecule has 1 radical (unpaired) electrons. The van der Waals surface area contributed by atoms with E-state index in [1.807, 2.05) is 0 Å². The van der Waals surface area contributed by atoms with Gasteiger partial charge in [0.1, 0.15) is 16.1 Å². The lowest BCUT2D eigenvalue weighted by Crippen LogP contribution is -2.51. The van der Waals surface area contributed by atoms with Crippen molar-refractivity contribution in [2.24, 2.45) is 0 Å². The molecular weight excluding hydrogens is 411 g/mol. The lowest BCUT2D eigenvalue weighted by atomic mass is 9.91. The van der Waals surface area contributed by atoms with Crippen LogP contribution in [-0.4, -0.2) is 17.3 Å². The molecule has 0 aliphatic heterocycles. The fraction of sp³-hybridized carbons (Fsp3) is 0.357. The summed E-state index contributed by atoms with van der Waals surface area (Å²) in [5.74, 6) is 0.0589. The van der Waals surface area contributed by atoms with Crippen molar-refractivity contribution < 1.29 is 35.2 Å². The third-order valence-electron chi connectivity index (χ3n) is 3.28. The number of hydrogen-bond donors (Lipinski definition) is 0. The van der Waals surface area contributed by atoms with E-state index in [1.54, 1.807) is 0 Å². The minimum atomic E-state index is -6.25. The lowest BCUT2D eigenvalue weighted by molar-refractivity contribution is -0.350. The largest absolute Gasteiger partial charge is 0.469 e. The number of rotatable bonds is 3. The van der Waals surface area contributed by atoms with Gasteiger partial charge in [0.05, 0.1) is 6.26 Å². The number of halogens is 8. The highest BCUT2D eigenvalue weighted by atomic mass is 79.9. The maximum absolute atomic E-state index is 14.4. The van der Waals surface area contributed by atoms with Gasteiger partial charge in [-0.2, -0.15) is 26.3 Å². The van der Waals surface area contributed by atoms with Crippen LogP contribution < -0.4 is 0 Å². The molecule has 0 aliphatic rings. The zero-order chi connectivity index (χ0) is 18.3. The van der Waals surface area contributed by atoms with Gasteiger partial charge in [-0.05, 0) is 46.1 Å². The molecule has 0 aliphatic carbocycles. The van der Waals surface area contributed by atoms with Crippen molar-refractivity contribution in [1.82, 2.24) is 4.98 Å². The van der Waals surface area contributed by atoms with Crippen molar-refractivity contribution in [3.63, 3.8) is 0 Å². The zero-order valence-electron chi connectivity index (χ0n) is 11.8. The van der Waals surface area contributed by atoms with Crippen molar-refractivity contribution in [3.05, 3.63) is 51.6 Å². The lowest BCUT2D eigenvalue weighted by Gasteiger charge is -2.31. The van der Waals surface area contributed by atoms with Crippen LogP contribution >= 0.6 is 15.9 Å². The maximum atomic E-state index is 14.4. The topological polar surface area (TPSA) is 26.0 Å². The second-order valence-electron chi connectivity index (χ2n) is 4.89. The Balaban J connectivity index is 2.75. The molecule has 2 nitrogen and oxygen atoms in total. The Morgan fingerprint density at radius 1 is 1.12 bits per heavy atom. The Morgan fingerprint density at radius 2 is 1.71 bits per heavy atom. The normalized spacial score (nSPS) is 13.4. The number of nitrogens with zero attached hydrogens (tertiary/aromatic N) is 1. The summed E-state index contributed by atoms with van der Waals surface area (Å²) >= 11 is 2.66. The van der Waals surface area contributed by atoms with E-state index in [2.05, 4.69) is 27.0 Å². The summed E-state index contributed by atoms with van der Waals surface area (Å²) < 4.78 is 97.0. The standard InChI is InChI=1S/C14H8BrF7NO/c1-7-5-10(15)23-11(9(7)6-8-3-2-4-24-8)12(16,13(17,18)19)14(20,21)22/h2-4H,6H2,1H3. The first-order valence-corrected chi connectivity index (χ1v) is 7.10. The number of hydrogen-bond acceptors (Lipinski definition) is 2. The smallest absolute Gasteiger partial charge is 0.437 e. The Morgan fingerprint density at radius 3 is 2.17 bits per heavy atom. The van der Waals surface area contributed by atoms with Crippen molar-refractivity contribution in [3.8, 4) is 0 Å². The third kappa shape index (κ3) is 3.15. The number of pyridine rings is 1. The first-order valence-electron chi connectivity index (χ1n) is 6.31. The summed E-state index contributed by atoms with van der Waals surface area (Å²) in [6.45, 7) is 1.21. The second-order valence-corrected chi connectivity index (χ2v) is 5.64. The van der Waals surface area contributed by atoms with Crippen LogP contribution in [0, 0.1) is 13.0 Å². The highest BCUT2D eigenvalue weighted by Crippen LogP contribution is 2.54. The van der Waals surface area contributed by atoms with Gasteiger partial charge in [-0.1, -0.05) is 0 Å². The minimum absolute atomic E-state index is 0.0589. The number of alkyl halides is 7. The molecule has 2 aromatic rings. The summed E-state index contributed by atoms with van der Waals surface area (Å²) in [6.07, 6.45) is -11.8. The molecule has 0 atom stereocenters. The molecule has 10 heteroatoms. The molecule has 0 unspecified atom stereocenters. The molecule has 131 valence electrons. The first-order chi connectivity index (χ1) is 10.9. The molecule has 0 aromatic carbocycles.